The van der Waals surface area contributed by atoms with Gasteiger partial charge in [0.1, 0.15) is 0 Å². The highest BCUT2D eigenvalue weighted by atomic mass is 32.1. The van der Waals surface area contributed by atoms with Crippen molar-refractivity contribution in [2.45, 2.75) is 20.0 Å². The van der Waals surface area contributed by atoms with Gasteiger partial charge in [-0.2, -0.15) is 13.2 Å². The lowest BCUT2D eigenvalue weighted by Crippen LogP contribution is -2.48. The summed E-state index contributed by atoms with van der Waals surface area (Å²) in [5.74, 6) is -0.369. The fraction of sp³-hybridized carbons (Fsp3) is 0.333. The summed E-state index contributed by atoms with van der Waals surface area (Å²) in [6.07, 6.45) is -4.46. The lowest BCUT2D eigenvalue weighted by Gasteiger charge is -2.34. The van der Waals surface area contributed by atoms with Gasteiger partial charge in [-0.05, 0) is 49.2 Å². The van der Waals surface area contributed by atoms with Crippen LogP contribution in [0, 0.1) is 13.8 Å². The van der Waals surface area contributed by atoms with E-state index < -0.39 is 11.7 Å². The van der Waals surface area contributed by atoms with Gasteiger partial charge < -0.3 is 9.80 Å². The average molecular weight is 419 g/mol. The van der Waals surface area contributed by atoms with Crippen molar-refractivity contribution in [2.75, 3.05) is 31.1 Å². The van der Waals surface area contributed by atoms with Gasteiger partial charge in [-0.15, -0.1) is 0 Å². The maximum Gasteiger partial charge on any atom is 0.416 e. The number of anilines is 1. The molecule has 4 nitrogen and oxygen atoms in total. The number of alkyl halides is 3. The van der Waals surface area contributed by atoms with Gasteiger partial charge in [0.05, 0.1) is 15.8 Å². The highest BCUT2D eigenvalue weighted by Gasteiger charge is 2.32. The zero-order valence-corrected chi connectivity index (χ0v) is 16.9. The molecule has 0 unspecified atom stereocenters. The zero-order valence-electron chi connectivity index (χ0n) is 16.1. The highest BCUT2D eigenvalue weighted by Crippen LogP contribution is 2.33. The number of aromatic nitrogens is 1. The number of aryl methyl sites for hydroxylation is 2. The molecule has 2 heterocycles. The predicted molar refractivity (Wildman–Crippen MR) is 109 cm³/mol. The number of thiazole rings is 1. The first-order valence-electron chi connectivity index (χ1n) is 9.32. The normalized spacial score (nSPS) is 15.2. The standard InChI is InChI=1S/C21H20F3N3OS/c1-13-6-7-17-18(14(13)2)25-20(29-17)27-10-8-26(9-11-27)19(28)15-4-3-5-16(12-15)21(22,23)24/h3-7,12H,8-11H2,1-2H3. The Hall–Kier alpha value is -2.61. The maximum atomic E-state index is 12.9. The molecule has 8 heteroatoms. The summed E-state index contributed by atoms with van der Waals surface area (Å²) in [6.45, 7) is 6.22. The summed E-state index contributed by atoms with van der Waals surface area (Å²) >= 11 is 1.62. The largest absolute Gasteiger partial charge is 0.416 e. The van der Waals surface area contributed by atoms with Crippen LogP contribution in [0.3, 0.4) is 0 Å². The number of carbonyl (C=O) groups excluding carboxylic acids is 1. The number of hydrogen-bond acceptors (Lipinski definition) is 4. The number of hydrogen-bond donors (Lipinski definition) is 0. The molecule has 29 heavy (non-hydrogen) atoms. The molecule has 0 radical (unpaired) electrons. The van der Waals surface area contributed by atoms with Crippen molar-refractivity contribution >= 4 is 32.6 Å². The molecule has 0 atom stereocenters. The molecule has 3 aromatic rings. The van der Waals surface area contributed by atoms with Crippen LogP contribution in [0.4, 0.5) is 18.3 Å². The third-order valence-corrected chi connectivity index (χ3v) is 6.43. The Bertz CT molecular complexity index is 1070. The minimum Gasteiger partial charge on any atom is -0.345 e. The SMILES string of the molecule is Cc1ccc2sc(N3CCN(C(=O)c4cccc(C(F)(F)F)c4)CC3)nc2c1C. The van der Waals surface area contributed by atoms with Crippen LogP contribution in [0.25, 0.3) is 10.2 Å². The van der Waals surface area contributed by atoms with E-state index in [0.29, 0.717) is 26.2 Å². The first-order chi connectivity index (χ1) is 13.7. The van der Waals surface area contributed by atoms with Crippen LogP contribution in [0.15, 0.2) is 36.4 Å². The maximum absolute atomic E-state index is 12.9. The second-order valence-electron chi connectivity index (χ2n) is 7.21. The molecule has 0 saturated carbocycles. The molecule has 1 aliphatic rings. The number of rotatable bonds is 2. The van der Waals surface area contributed by atoms with Crippen LogP contribution in [-0.4, -0.2) is 42.0 Å². The van der Waals surface area contributed by atoms with Gasteiger partial charge in [0.2, 0.25) is 0 Å². The second-order valence-corrected chi connectivity index (χ2v) is 8.22. The van der Waals surface area contributed by atoms with Crippen molar-refractivity contribution < 1.29 is 18.0 Å². The van der Waals surface area contributed by atoms with E-state index in [-0.39, 0.29) is 11.5 Å². The van der Waals surface area contributed by atoms with Crippen molar-refractivity contribution in [1.29, 1.82) is 0 Å². The van der Waals surface area contributed by atoms with E-state index in [0.717, 1.165) is 27.5 Å². The number of nitrogens with zero attached hydrogens (tertiary/aromatic N) is 3. The summed E-state index contributed by atoms with van der Waals surface area (Å²) in [7, 11) is 0. The molecule has 1 aromatic heterocycles. The molecule has 1 aliphatic heterocycles. The Morgan fingerprint density at radius 2 is 1.79 bits per heavy atom. The fourth-order valence-corrected chi connectivity index (χ4v) is 4.54. The van der Waals surface area contributed by atoms with Crippen molar-refractivity contribution in [3.05, 3.63) is 58.7 Å². The van der Waals surface area contributed by atoms with Crippen LogP contribution < -0.4 is 4.90 Å². The third-order valence-electron chi connectivity index (χ3n) is 5.35. The fourth-order valence-electron chi connectivity index (χ4n) is 3.46. The van der Waals surface area contributed by atoms with Gasteiger partial charge >= 0.3 is 6.18 Å². The number of piperazine rings is 1. The van der Waals surface area contributed by atoms with Crippen LogP contribution in [0.2, 0.25) is 0 Å². The summed E-state index contributed by atoms with van der Waals surface area (Å²) in [5.41, 5.74) is 2.64. The Kier molecular flexibility index (Phi) is 4.98. The molecule has 1 fully saturated rings. The highest BCUT2D eigenvalue weighted by molar-refractivity contribution is 7.22. The predicted octanol–water partition coefficient (Wildman–Crippen LogP) is 4.89. The van der Waals surface area contributed by atoms with E-state index in [1.165, 1.54) is 23.3 Å². The Morgan fingerprint density at radius 3 is 2.48 bits per heavy atom. The van der Waals surface area contributed by atoms with Crippen LogP contribution in [0.5, 0.6) is 0 Å². The summed E-state index contributed by atoms with van der Waals surface area (Å²) in [4.78, 5) is 21.2. The lowest BCUT2D eigenvalue weighted by molar-refractivity contribution is -0.137. The molecule has 0 aliphatic carbocycles. The molecule has 2 aromatic carbocycles. The molecule has 0 bridgehead atoms. The van der Waals surface area contributed by atoms with E-state index in [4.69, 9.17) is 4.98 Å². The average Bonchev–Trinajstić information content (AvgIpc) is 3.15. The van der Waals surface area contributed by atoms with E-state index in [1.807, 2.05) is 0 Å². The van der Waals surface area contributed by atoms with E-state index in [9.17, 15) is 18.0 Å². The summed E-state index contributed by atoms with van der Waals surface area (Å²) in [6, 6.07) is 8.77. The molecule has 0 N–H and O–H groups in total. The minimum atomic E-state index is -4.46. The molecule has 0 spiro atoms. The summed E-state index contributed by atoms with van der Waals surface area (Å²) < 4.78 is 39.9. The van der Waals surface area contributed by atoms with Crippen LogP contribution >= 0.6 is 11.3 Å². The number of fused-ring (bicyclic) bond motifs is 1. The molecule has 4 rings (SSSR count). The molecule has 1 amide bonds. The first-order valence-corrected chi connectivity index (χ1v) is 10.1. The topological polar surface area (TPSA) is 36.4 Å². The third kappa shape index (κ3) is 3.81. The summed E-state index contributed by atoms with van der Waals surface area (Å²) in [5, 5.41) is 0.917. The van der Waals surface area contributed by atoms with Gasteiger partial charge in [0.15, 0.2) is 5.13 Å². The van der Waals surface area contributed by atoms with Crippen molar-refractivity contribution in [1.82, 2.24) is 9.88 Å². The smallest absolute Gasteiger partial charge is 0.345 e. The van der Waals surface area contributed by atoms with Gasteiger partial charge in [-0.25, -0.2) is 4.98 Å². The quantitative estimate of drug-likeness (QED) is 0.593. The monoisotopic (exact) mass is 419 g/mol. The Balaban J connectivity index is 1.47. The number of halogens is 3. The second kappa shape index (κ2) is 7.33. The first kappa shape index (κ1) is 19.7. The van der Waals surface area contributed by atoms with E-state index in [2.05, 4.69) is 30.9 Å². The molecule has 1 saturated heterocycles. The van der Waals surface area contributed by atoms with Crippen LogP contribution in [-0.2, 0) is 6.18 Å². The lowest BCUT2D eigenvalue weighted by atomic mass is 10.1. The molecular weight excluding hydrogens is 399 g/mol. The van der Waals surface area contributed by atoms with Gasteiger partial charge in [0.25, 0.3) is 5.91 Å². The van der Waals surface area contributed by atoms with E-state index in [1.54, 1.807) is 16.2 Å². The molecular formula is C21H20F3N3OS. The van der Waals surface area contributed by atoms with Crippen LogP contribution in [0.1, 0.15) is 27.0 Å². The number of benzene rings is 2. The van der Waals surface area contributed by atoms with Gasteiger partial charge in [-0.3, -0.25) is 4.79 Å². The van der Waals surface area contributed by atoms with E-state index >= 15 is 0 Å². The van der Waals surface area contributed by atoms with Gasteiger partial charge in [-0.1, -0.05) is 23.5 Å². The zero-order chi connectivity index (χ0) is 20.8. The number of amides is 1. The van der Waals surface area contributed by atoms with Gasteiger partial charge in [0, 0.05) is 31.7 Å². The van der Waals surface area contributed by atoms with Crippen molar-refractivity contribution in [3.63, 3.8) is 0 Å². The molecule has 152 valence electrons. The van der Waals surface area contributed by atoms with Crippen molar-refractivity contribution in [3.8, 4) is 0 Å². The Morgan fingerprint density at radius 1 is 1.07 bits per heavy atom. The minimum absolute atomic E-state index is 0.0689. The Labute approximate surface area is 170 Å². The number of carbonyl (C=O) groups is 1. The van der Waals surface area contributed by atoms with Crippen molar-refractivity contribution in [2.24, 2.45) is 0 Å².